The molecule has 3 unspecified atom stereocenters. The second kappa shape index (κ2) is 10.9. The SMILES string of the molecule is C[C@]12CCC(OCCN3CCCC3)CC1CC[C@@H]1[C@H]2CC[C@]2(C)C(OCCCN)(c3ccnnc3)CC[C@@]12O. The van der Waals surface area contributed by atoms with Gasteiger partial charge in [0.2, 0.25) is 0 Å². The average molecular weight is 541 g/mol. The number of aromatic nitrogens is 2. The lowest BCUT2D eigenvalue weighted by Gasteiger charge is -2.64. The van der Waals surface area contributed by atoms with Crippen LogP contribution in [0, 0.1) is 28.6 Å². The van der Waals surface area contributed by atoms with Crippen LogP contribution in [0.5, 0.6) is 0 Å². The van der Waals surface area contributed by atoms with Gasteiger partial charge in [-0.3, -0.25) is 0 Å². The molecule has 2 heterocycles. The Labute approximate surface area is 235 Å². The summed E-state index contributed by atoms with van der Waals surface area (Å²) in [6.07, 6.45) is 17.2. The fourth-order valence-electron chi connectivity index (χ4n) is 10.3. The fraction of sp³-hybridized carbons (Fsp3) is 0.875. The van der Waals surface area contributed by atoms with E-state index in [1.807, 2.05) is 6.20 Å². The van der Waals surface area contributed by atoms with E-state index < -0.39 is 11.2 Å². The Morgan fingerprint density at radius 3 is 2.62 bits per heavy atom. The van der Waals surface area contributed by atoms with Crippen molar-refractivity contribution >= 4 is 0 Å². The highest BCUT2D eigenvalue weighted by atomic mass is 16.5. The number of nitrogens with zero attached hydrogens (tertiary/aromatic N) is 3. The lowest BCUT2D eigenvalue weighted by molar-refractivity contribution is -0.249. The largest absolute Gasteiger partial charge is 0.389 e. The van der Waals surface area contributed by atoms with Gasteiger partial charge >= 0.3 is 0 Å². The first-order valence-electron chi connectivity index (χ1n) is 16.0. The van der Waals surface area contributed by atoms with Crippen LogP contribution in [-0.4, -0.2) is 71.3 Å². The molecule has 5 aliphatic rings. The molecule has 4 saturated carbocycles. The molecule has 1 aromatic heterocycles. The van der Waals surface area contributed by atoms with Gasteiger partial charge in [0.25, 0.3) is 0 Å². The second-order valence-electron chi connectivity index (χ2n) is 14.1. The lowest BCUT2D eigenvalue weighted by atomic mass is 9.42. The Morgan fingerprint density at radius 1 is 1.00 bits per heavy atom. The maximum Gasteiger partial charge on any atom is 0.103 e. The van der Waals surface area contributed by atoms with Crippen LogP contribution in [0.15, 0.2) is 18.5 Å². The third-order valence-corrected chi connectivity index (χ3v) is 12.6. The van der Waals surface area contributed by atoms with Crippen molar-refractivity contribution in [2.45, 2.75) is 108 Å². The molecule has 5 fully saturated rings. The third-order valence-electron chi connectivity index (χ3n) is 12.6. The highest BCUT2D eigenvalue weighted by Crippen LogP contribution is 2.72. The Bertz CT molecular complexity index is 975. The van der Waals surface area contributed by atoms with E-state index in [0.29, 0.717) is 42.4 Å². The zero-order chi connectivity index (χ0) is 27.1. The zero-order valence-electron chi connectivity index (χ0n) is 24.5. The molecule has 3 N–H and O–H groups in total. The molecule has 0 radical (unpaired) electrons. The van der Waals surface area contributed by atoms with Crippen LogP contribution < -0.4 is 5.73 Å². The van der Waals surface area contributed by atoms with Crippen LogP contribution in [0.1, 0.15) is 96.5 Å². The predicted molar refractivity (Wildman–Crippen MR) is 152 cm³/mol. The minimum absolute atomic E-state index is 0.290. The molecule has 1 saturated heterocycles. The zero-order valence-corrected chi connectivity index (χ0v) is 24.5. The summed E-state index contributed by atoms with van der Waals surface area (Å²) in [5.41, 5.74) is 5.56. The van der Waals surface area contributed by atoms with Gasteiger partial charge in [0, 0.05) is 30.3 Å². The third kappa shape index (κ3) is 4.50. The Balaban J connectivity index is 1.19. The molecule has 0 spiro atoms. The average Bonchev–Trinajstić information content (AvgIpc) is 3.55. The van der Waals surface area contributed by atoms with Crippen LogP contribution in [0.3, 0.4) is 0 Å². The van der Waals surface area contributed by atoms with E-state index in [9.17, 15) is 5.11 Å². The standard InChI is InChI=1S/C32H52N4O3/c1-29-11-8-26(38-21-19-36-17-3-4-18-36)22-24(29)6-7-28-27(29)9-12-30(2)31(28,37)13-14-32(30,39-20-5-15-33)25-10-16-34-35-23-25/h10,16,23-24,26-28,37H,3-9,11-15,17-22,33H2,1-2H3/t24?,26?,27-,28-,29+,30+,31-,32?/m1/s1. The van der Waals surface area contributed by atoms with E-state index in [1.165, 1.54) is 51.6 Å². The maximum atomic E-state index is 12.8. The minimum atomic E-state index is -0.737. The lowest BCUT2D eigenvalue weighted by Crippen LogP contribution is -2.65. The van der Waals surface area contributed by atoms with Crippen molar-refractivity contribution < 1.29 is 14.6 Å². The summed E-state index contributed by atoms with van der Waals surface area (Å²) >= 11 is 0. The second-order valence-corrected chi connectivity index (χ2v) is 14.1. The normalized spacial score (nSPS) is 44.1. The number of fused-ring (bicyclic) bond motifs is 5. The van der Waals surface area contributed by atoms with E-state index in [2.05, 4.69) is 35.0 Å². The van der Waals surface area contributed by atoms with Crippen molar-refractivity contribution in [2.24, 2.45) is 34.3 Å². The van der Waals surface area contributed by atoms with E-state index >= 15 is 0 Å². The fourth-order valence-corrected chi connectivity index (χ4v) is 10.3. The van der Waals surface area contributed by atoms with Crippen LogP contribution in [0.25, 0.3) is 0 Å². The van der Waals surface area contributed by atoms with Crippen LogP contribution in [0.4, 0.5) is 0 Å². The highest BCUT2D eigenvalue weighted by Gasteiger charge is 2.73. The summed E-state index contributed by atoms with van der Waals surface area (Å²) in [5.74, 6) is 1.59. The van der Waals surface area contributed by atoms with Gasteiger partial charge in [-0.15, -0.1) is 0 Å². The quantitative estimate of drug-likeness (QED) is 0.440. The van der Waals surface area contributed by atoms with Gasteiger partial charge in [-0.2, -0.15) is 10.2 Å². The van der Waals surface area contributed by atoms with Crippen molar-refractivity contribution in [2.75, 3.05) is 39.4 Å². The Hall–Kier alpha value is -1.12. The van der Waals surface area contributed by atoms with Crippen molar-refractivity contribution in [3.8, 4) is 0 Å². The molecular weight excluding hydrogens is 488 g/mol. The molecule has 7 heteroatoms. The molecule has 1 aromatic rings. The van der Waals surface area contributed by atoms with Crippen LogP contribution in [-0.2, 0) is 15.1 Å². The Kier molecular flexibility index (Phi) is 7.86. The molecule has 0 aromatic carbocycles. The summed E-state index contributed by atoms with van der Waals surface area (Å²) in [4.78, 5) is 2.56. The van der Waals surface area contributed by atoms with Crippen molar-refractivity contribution in [3.63, 3.8) is 0 Å². The van der Waals surface area contributed by atoms with Gasteiger partial charge in [-0.25, -0.2) is 0 Å². The van der Waals surface area contributed by atoms with Gasteiger partial charge in [-0.1, -0.05) is 13.8 Å². The van der Waals surface area contributed by atoms with E-state index in [0.717, 1.165) is 57.2 Å². The summed E-state index contributed by atoms with van der Waals surface area (Å²) < 4.78 is 13.3. The molecule has 4 aliphatic carbocycles. The monoisotopic (exact) mass is 540 g/mol. The summed E-state index contributed by atoms with van der Waals surface area (Å²) in [6.45, 7) is 10.6. The number of hydrogen-bond donors (Lipinski definition) is 2. The first kappa shape index (κ1) is 28.0. The maximum absolute atomic E-state index is 12.8. The van der Waals surface area contributed by atoms with Gasteiger partial charge in [-0.05, 0) is 126 Å². The minimum Gasteiger partial charge on any atom is -0.389 e. The highest BCUT2D eigenvalue weighted by molar-refractivity contribution is 5.31. The first-order valence-corrected chi connectivity index (χ1v) is 16.0. The molecular formula is C32H52N4O3. The number of hydrogen-bond acceptors (Lipinski definition) is 7. The number of rotatable bonds is 9. The van der Waals surface area contributed by atoms with Gasteiger partial charge < -0.3 is 25.2 Å². The van der Waals surface area contributed by atoms with E-state index in [4.69, 9.17) is 15.2 Å². The number of nitrogens with two attached hydrogens (primary N) is 1. The van der Waals surface area contributed by atoms with Gasteiger partial charge in [0.1, 0.15) is 5.60 Å². The van der Waals surface area contributed by atoms with Crippen LogP contribution in [0.2, 0.25) is 0 Å². The Morgan fingerprint density at radius 2 is 1.85 bits per heavy atom. The molecule has 39 heavy (non-hydrogen) atoms. The van der Waals surface area contributed by atoms with Gasteiger partial charge in [0.15, 0.2) is 0 Å². The van der Waals surface area contributed by atoms with Crippen molar-refractivity contribution in [1.82, 2.24) is 15.1 Å². The van der Waals surface area contributed by atoms with Crippen LogP contribution >= 0.6 is 0 Å². The molecule has 6 rings (SSSR count). The summed E-state index contributed by atoms with van der Waals surface area (Å²) in [7, 11) is 0. The molecule has 8 atom stereocenters. The number of aliphatic hydroxyl groups is 1. The topological polar surface area (TPSA) is 93.7 Å². The van der Waals surface area contributed by atoms with E-state index in [1.54, 1.807) is 6.20 Å². The molecule has 0 amide bonds. The smallest absolute Gasteiger partial charge is 0.103 e. The molecule has 7 nitrogen and oxygen atoms in total. The van der Waals surface area contributed by atoms with Crippen molar-refractivity contribution in [1.29, 1.82) is 0 Å². The van der Waals surface area contributed by atoms with Crippen molar-refractivity contribution in [3.05, 3.63) is 24.0 Å². The number of ether oxygens (including phenoxy) is 2. The molecule has 0 bridgehead atoms. The number of likely N-dealkylation sites (tertiary alicyclic amines) is 1. The predicted octanol–water partition coefficient (Wildman–Crippen LogP) is 4.68. The summed E-state index contributed by atoms with van der Waals surface area (Å²) in [5, 5.41) is 21.1. The van der Waals surface area contributed by atoms with E-state index in [-0.39, 0.29) is 5.41 Å². The summed E-state index contributed by atoms with van der Waals surface area (Å²) in [6, 6.07) is 2.06. The molecule has 218 valence electrons. The van der Waals surface area contributed by atoms with Gasteiger partial charge in [0.05, 0.1) is 24.5 Å². The molecule has 1 aliphatic heterocycles. The first-order chi connectivity index (χ1) is 18.9.